The van der Waals surface area contributed by atoms with Gasteiger partial charge in [-0.25, -0.2) is 0 Å². The summed E-state index contributed by atoms with van der Waals surface area (Å²) < 4.78 is 27.8. The zero-order valence-electron chi connectivity index (χ0n) is 6.94. The van der Waals surface area contributed by atoms with E-state index in [2.05, 4.69) is 0 Å². The van der Waals surface area contributed by atoms with Crippen molar-refractivity contribution in [2.75, 3.05) is 11.8 Å². The van der Waals surface area contributed by atoms with Crippen molar-refractivity contribution in [1.29, 1.82) is 0 Å². The van der Waals surface area contributed by atoms with Gasteiger partial charge in [-0.2, -0.15) is 8.42 Å². The molecule has 6 heteroatoms. The third kappa shape index (κ3) is 3.30. The predicted molar refractivity (Wildman–Crippen MR) is 48.6 cm³/mol. The standard InChI is InChI=1S/C7H9N2O3S/c1-12-7-4-2-6(3-5-7)9-13(8,10)11/h2-5,8-9H,1H3. The lowest BCUT2D eigenvalue weighted by Crippen LogP contribution is -2.12. The van der Waals surface area contributed by atoms with E-state index in [0.717, 1.165) is 0 Å². The maximum atomic E-state index is 10.5. The molecule has 13 heavy (non-hydrogen) atoms. The van der Waals surface area contributed by atoms with E-state index in [-0.39, 0.29) is 0 Å². The van der Waals surface area contributed by atoms with E-state index in [4.69, 9.17) is 9.88 Å². The molecule has 0 saturated heterocycles. The van der Waals surface area contributed by atoms with Crippen molar-refractivity contribution < 1.29 is 13.2 Å². The van der Waals surface area contributed by atoms with Gasteiger partial charge in [-0.05, 0) is 24.3 Å². The van der Waals surface area contributed by atoms with Crippen LogP contribution in [0.15, 0.2) is 24.3 Å². The normalized spacial score (nSPS) is 10.9. The minimum Gasteiger partial charge on any atom is -0.497 e. The minimum absolute atomic E-state index is 0.343. The zero-order valence-corrected chi connectivity index (χ0v) is 7.76. The SMILES string of the molecule is COc1ccc(NS([NH])(=O)=O)cc1. The third-order valence-corrected chi connectivity index (χ3v) is 1.85. The van der Waals surface area contributed by atoms with Crippen molar-refractivity contribution in [3.05, 3.63) is 24.3 Å². The smallest absolute Gasteiger partial charge is 0.312 e. The average Bonchev–Trinajstić information content (AvgIpc) is 2.03. The van der Waals surface area contributed by atoms with Crippen molar-refractivity contribution in [2.45, 2.75) is 0 Å². The Bertz CT molecular complexity index is 371. The van der Waals surface area contributed by atoms with E-state index in [1.807, 2.05) is 4.72 Å². The molecular weight excluding hydrogens is 192 g/mol. The molecule has 0 aliphatic carbocycles. The fourth-order valence-electron chi connectivity index (χ4n) is 0.814. The molecule has 0 unspecified atom stereocenters. The van der Waals surface area contributed by atoms with Crippen molar-refractivity contribution in [1.82, 2.24) is 5.14 Å². The molecule has 0 aromatic heterocycles. The molecule has 1 aromatic carbocycles. The Kier molecular flexibility index (Phi) is 2.74. The summed E-state index contributed by atoms with van der Waals surface area (Å²) in [6, 6.07) is 6.25. The van der Waals surface area contributed by atoms with Crippen LogP contribution in [0.4, 0.5) is 5.69 Å². The summed E-state index contributed by atoms with van der Waals surface area (Å²) >= 11 is 0. The van der Waals surface area contributed by atoms with Crippen LogP contribution < -0.4 is 14.6 Å². The van der Waals surface area contributed by atoms with Crippen molar-refractivity contribution >= 4 is 15.9 Å². The Hall–Kier alpha value is -1.27. The van der Waals surface area contributed by atoms with E-state index in [1.165, 1.54) is 19.2 Å². The number of nitrogens with one attached hydrogen (secondary N) is 2. The molecule has 0 bridgehead atoms. The number of hydrogen-bond acceptors (Lipinski definition) is 3. The van der Waals surface area contributed by atoms with Crippen LogP contribution in [0.5, 0.6) is 5.75 Å². The first-order valence-electron chi connectivity index (χ1n) is 3.43. The Balaban J connectivity index is 2.81. The second-order valence-electron chi connectivity index (χ2n) is 2.33. The fraction of sp³-hybridized carbons (Fsp3) is 0.143. The minimum atomic E-state index is -3.94. The predicted octanol–water partition coefficient (Wildman–Crippen LogP) is 0.635. The Morgan fingerprint density at radius 1 is 1.31 bits per heavy atom. The average molecular weight is 201 g/mol. The van der Waals surface area contributed by atoms with Crippen molar-refractivity contribution in [2.24, 2.45) is 0 Å². The lowest BCUT2D eigenvalue weighted by molar-refractivity contribution is 0.415. The first-order chi connectivity index (χ1) is 6.01. The second kappa shape index (κ2) is 3.63. The van der Waals surface area contributed by atoms with Gasteiger partial charge in [0.1, 0.15) is 5.75 Å². The number of methoxy groups -OCH3 is 1. The maximum Gasteiger partial charge on any atom is 0.312 e. The quantitative estimate of drug-likeness (QED) is 0.779. The van der Waals surface area contributed by atoms with Gasteiger partial charge in [-0.15, -0.1) is 5.14 Å². The number of rotatable bonds is 3. The van der Waals surface area contributed by atoms with Gasteiger partial charge < -0.3 is 4.74 Å². The van der Waals surface area contributed by atoms with Crippen LogP contribution in [0.2, 0.25) is 0 Å². The molecule has 2 N–H and O–H groups in total. The highest BCUT2D eigenvalue weighted by Gasteiger charge is 2.02. The summed E-state index contributed by atoms with van der Waals surface area (Å²) in [5.41, 5.74) is 0.343. The van der Waals surface area contributed by atoms with Gasteiger partial charge >= 0.3 is 10.2 Å². The lowest BCUT2D eigenvalue weighted by Gasteiger charge is -2.03. The molecule has 0 aliphatic heterocycles. The van der Waals surface area contributed by atoms with E-state index >= 15 is 0 Å². The van der Waals surface area contributed by atoms with Crippen LogP contribution >= 0.6 is 0 Å². The third-order valence-electron chi connectivity index (χ3n) is 1.34. The van der Waals surface area contributed by atoms with Gasteiger partial charge in [0.15, 0.2) is 0 Å². The number of benzene rings is 1. The topological polar surface area (TPSA) is 79.2 Å². The molecule has 1 aromatic rings. The van der Waals surface area contributed by atoms with Crippen LogP contribution in [0.1, 0.15) is 0 Å². The monoisotopic (exact) mass is 201 g/mol. The number of ether oxygens (including phenoxy) is 1. The molecule has 0 amide bonds. The summed E-state index contributed by atoms with van der Waals surface area (Å²) in [5.74, 6) is 0.632. The summed E-state index contributed by atoms with van der Waals surface area (Å²) in [6.45, 7) is 0. The fourth-order valence-corrected chi connectivity index (χ4v) is 1.26. The largest absolute Gasteiger partial charge is 0.497 e. The first-order valence-corrected chi connectivity index (χ1v) is 4.91. The van der Waals surface area contributed by atoms with Crippen LogP contribution in [-0.4, -0.2) is 15.5 Å². The maximum absolute atomic E-state index is 10.5. The summed E-state index contributed by atoms with van der Waals surface area (Å²) in [6.07, 6.45) is 0. The molecule has 0 aliphatic rings. The molecular formula is C7H9N2O3S. The van der Waals surface area contributed by atoms with Gasteiger partial charge in [-0.1, -0.05) is 0 Å². The Morgan fingerprint density at radius 2 is 1.85 bits per heavy atom. The highest BCUT2D eigenvalue weighted by atomic mass is 32.2. The van der Waals surface area contributed by atoms with Crippen LogP contribution in [0.25, 0.3) is 0 Å². The van der Waals surface area contributed by atoms with Gasteiger partial charge in [0.25, 0.3) is 0 Å². The molecule has 0 heterocycles. The summed E-state index contributed by atoms with van der Waals surface area (Å²) in [5, 5.41) is 6.60. The zero-order chi connectivity index (χ0) is 9.90. The summed E-state index contributed by atoms with van der Waals surface area (Å²) in [7, 11) is -2.42. The Morgan fingerprint density at radius 3 is 2.23 bits per heavy atom. The van der Waals surface area contributed by atoms with E-state index in [1.54, 1.807) is 12.1 Å². The lowest BCUT2D eigenvalue weighted by atomic mass is 10.3. The number of anilines is 1. The highest BCUT2D eigenvalue weighted by molar-refractivity contribution is 7.90. The van der Waals surface area contributed by atoms with Crippen LogP contribution in [0, 0.1) is 0 Å². The summed E-state index contributed by atoms with van der Waals surface area (Å²) in [4.78, 5) is 0. The van der Waals surface area contributed by atoms with E-state index in [0.29, 0.717) is 11.4 Å². The van der Waals surface area contributed by atoms with E-state index in [9.17, 15) is 8.42 Å². The van der Waals surface area contributed by atoms with Gasteiger partial charge in [0.2, 0.25) is 0 Å². The Labute approximate surface area is 76.7 Å². The van der Waals surface area contributed by atoms with Crippen molar-refractivity contribution in [3.8, 4) is 5.75 Å². The van der Waals surface area contributed by atoms with Gasteiger partial charge in [0, 0.05) is 0 Å². The first kappa shape index (κ1) is 9.82. The number of hydrogen-bond donors (Lipinski definition) is 1. The van der Waals surface area contributed by atoms with Gasteiger partial charge in [-0.3, -0.25) is 4.72 Å². The molecule has 5 nitrogen and oxygen atoms in total. The molecule has 0 saturated carbocycles. The molecule has 0 atom stereocenters. The second-order valence-corrected chi connectivity index (χ2v) is 3.54. The molecule has 71 valence electrons. The van der Waals surface area contributed by atoms with Crippen LogP contribution in [-0.2, 0) is 10.2 Å². The van der Waals surface area contributed by atoms with Crippen LogP contribution in [0.3, 0.4) is 0 Å². The molecule has 1 radical (unpaired) electrons. The van der Waals surface area contributed by atoms with Crippen molar-refractivity contribution in [3.63, 3.8) is 0 Å². The molecule has 0 fully saturated rings. The van der Waals surface area contributed by atoms with Gasteiger partial charge in [0.05, 0.1) is 12.8 Å². The molecule has 1 rings (SSSR count). The highest BCUT2D eigenvalue weighted by Crippen LogP contribution is 2.15. The molecule has 0 spiro atoms. The van der Waals surface area contributed by atoms with E-state index < -0.39 is 10.2 Å².